The molecule has 3 aromatic carbocycles. The van der Waals surface area contributed by atoms with Gasteiger partial charge in [-0.2, -0.15) is 0 Å². The van der Waals surface area contributed by atoms with E-state index >= 15 is 0 Å². The SMILES string of the molecule is O=C(Nc1cccc(C(=O)Nc2ccc3nc(N4CCOCC4)sc3c2)c1)c1ccc(F)cc1. The van der Waals surface area contributed by atoms with Crippen molar-refractivity contribution in [3.8, 4) is 0 Å². The predicted molar refractivity (Wildman–Crippen MR) is 131 cm³/mol. The second-order valence-electron chi connectivity index (χ2n) is 7.77. The van der Waals surface area contributed by atoms with Crippen molar-refractivity contribution in [2.45, 2.75) is 0 Å². The van der Waals surface area contributed by atoms with Gasteiger partial charge in [-0.15, -0.1) is 0 Å². The molecule has 4 aromatic rings. The van der Waals surface area contributed by atoms with Crippen molar-refractivity contribution in [3.05, 3.63) is 83.7 Å². The molecule has 2 N–H and O–H groups in total. The zero-order valence-electron chi connectivity index (χ0n) is 18.1. The number of hydrogen-bond acceptors (Lipinski definition) is 6. The van der Waals surface area contributed by atoms with Crippen molar-refractivity contribution in [2.24, 2.45) is 0 Å². The van der Waals surface area contributed by atoms with Gasteiger partial charge < -0.3 is 20.3 Å². The summed E-state index contributed by atoms with van der Waals surface area (Å²) in [7, 11) is 0. The summed E-state index contributed by atoms with van der Waals surface area (Å²) < 4.78 is 19.5. The topological polar surface area (TPSA) is 83.6 Å². The zero-order chi connectivity index (χ0) is 23.5. The summed E-state index contributed by atoms with van der Waals surface area (Å²) in [4.78, 5) is 32.1. The Morgan fingerprint density at radius 2 is 1.59 bits per heavy atom. The molecule has 0 aliphatic carbocycles. The summed E-state index contributed by atoms with van der Waals surface area (Å²) in [6.45, 7) is 3.02. The van der Waals surface area contributed by atoms with E-state index in [-0.39, 0.29) is 11.8 Å². The van der Waals surface area contributed by atoms with Crippen molar-refractivity contribution in [1.82, 2.24) is 4.98 Å². The van der Waals surface area contributed by atoms with Crippen LogP contribution in [0.3, 0.4) is 0 Å². The Balaban J connectivity index is 1.28. The highest BCUT2D eigenvalue weighted by molar-refractivity contribution is 7.22. The van der Waals surface area contributed by atoms with Gasteiger partial charge in [-0.3, -0.25) is 9.59 Å². The number of morpholine rings is 1. The van der Waals surface area contributed by atoms with Crippen molar-refractivity contribution in [2.75, 3.05) is 41.8 Å². The molecule has 0 spiro atoms. The zero-order valence-corrected chi connectivity index (χ0v) is 18.9. The molecule has 34 heavy (non-hydrogen) atoms. The molecule has 1 saturated heterocycles. The summed E-state index contributed by atoms with van der Waals surface area (Å²) in [5.74, 6) is -1.09. The maximum absolute atomic E-state index is 13.1. The Labute approximate surface area is 199 Å². The molecule has 7 nitrogen and oxygen atoms in total. The lowest BCUT2D eigenvalue weighted by atomic mass is 10.1. The second-order valence-corrected chi connectivity index (χ2v) is 8.78. The molecule has 0 bridgehead atoms. The Hall–Kier alpha value is -3.82. The first-order valence-electron chi connectivity index (χ1n) is 10.8. The summed E-state index contributed by atoms with van der Waals surface area (Å²) >= 11 is 1.59. The summed E-state index contributed by atoms with van der Waals surface area (Å²) in [5.41, 5.74) is 2.74. The summed E-state index contributed by atoms with van der Waals surface area (Å²) in [6, 6.07) is 17.5. The third kappa shape index (κ3) is 4.90. The first-order valence-corrected chi connectivity index (χ1v) is 11.6. The van der Waals surface area contributed by atoms with Gasteiger partial charge in [0.2, 0.25) is 0 Å². The highest BCUT2D eigenvalue weighted by Crippen LogP contribution is 2.31. The normalized spacial score (nSPS) is 13.6. The molecule has 1 aliphatic heterocycles. The number of benzene rings is 3. The maximum atomic E-state index is 13.1. The van der Waals surface area contributed by atoms with E-state index in [1.807, 2.05) is 18.2 Å². The Morgan fingerprint density at radius 3 is 2.35 bits per heavy atom. The van der Waals surface area contributed by atoms with E-state index in [9.17, 15) is 14.0 Å². The van der Waals surface area contributed by atoms with Crippen molar-refractivity contribution in [1.29, 1.82) is 0 Å². The van der Waals surface area contributed by atoms with Crippen LogP contribution in [-0.2, 0) is 4.74 Å². The lowest BCUT2D eigenvalue weighted by molar-refractivity contribution is 0.101. The molecule has 172 valence electrons. The molecule has 1 aromatic heterocycles. The van der Waals surface area contributed by atoms with E-state index in [4.69, 9.17) is 9.72 Å². The molecule has 1 aliphatic rings. The second kappa shape index (κ2) is 9.58. The van der Waals surface area contributed by atoms with Gasteiger partial charge in [-0.1, -0.05) is 17.4 Å². The van der Waals surface area contributed by atoms with Gasteiger partial charge in [0.05, 0.1) is 23.4 Å². The minimum absolute atomic E-state index is 0.296. The third-order valence-corrected chi connectivity index (χ3v) is 6.48. The number of nitrogens with one attached hydrogen (secondary N) is 2. The van der Waals surface area contributed by atoms with Gasteiger partial charge in [-0.25, -0.2) is 9.37 Å². The fourth-order valence-electron chi connectivity index (χ4n) is 3.63. The van der Waals surface area contributed by atoms with Gasteiger partial charge in [-0.05, 0) is 60.7 Å². The lowest BCUT2D eigenvalue weighted by Gasteiger charge is -2.25. The average Bonchev–Trinajstić information content (AvgIpc) is 3.29. The first kappa shape index (κ1) is 22.0. The van der Waals surface area contributed by atoms with Crippen LogP contribution in [0, 0.1) is 5.82 Å². The smallest absolute Gasteiger partial charge is 0.255 e. The van der Waals surface area contributed by atoms with Crippen LogP contribution in [0.15, 0.2) is 66.7 Å². The molecule has 0 unspecified atom stereocenters. The number of ether oxygens (including phenoxy) is 1. The number of aromatic nitrogens is 1. The quantitative estimate of drug-likeness (QED) is 0.433. The number of carbonyl (C=O) groups is 2. The fraction of sp³-hybridized carbons (Fsp3) is 0.160. The third-order valence-electron chi connectivity index (χ3n) is 5.41. The summed E-state index contributed by atoms with van der Waals surface area (Å²) in [5, 5.41) is 6.59. The number of fused-ring (bicyclic) bond motifs is 1. The van der Waals surface area contributed by atoms with Gasteiger partial charge >= 0.3 is 0 Å². The maximum Gasteiger partial charge on any atom is 0.255 e. The number of carbonyl (C=O) groups excluding carboxylic acids is 2. The largest absolute Gasteiger partial charge is 0.378 e. The van der Waals surface area contributed by atoms with Crippen LogP contribution in [0.1, 0.15) is 20.7 Å². The Kier molecular flexibility index (Phi) is 6.20. The van der Waals surface area contributed by atoms with Crippen LogP contribution in [0.2, 0.25) is 0 Å². The Morgan fingerprint density at radius 1 is 0.882 bits per heavy atom. The van der Waals surface area contributed by atoms with E-state index in [2.05, 4.69) is 15.5 Å². The lowest BCUT2D eigenvalue weighted by Crippen LogP contribution is -2.36. The van der Waals surface area contributed by atoms with Crippen molar-refractivity contribution < 1.29 is 18.7 Å². The monoisotopic (exact) mass is 476 g/mol. The van der Waals surface area contributed by atoms with Crippen LogP contribution >= 0.6 is 11.3 Å². The van der Waals surface area contributed by atoms with E-state index in [1.54, 1.807) is 35.6 Å². The van der Waals surface area contributed by atoms with Crippen LogP contribution in [0.5, 0.6) is 0 Å². The molecule has 0 radical (unpaired) electrons. The molecule has 5 rings (SSSR count). The minimum atomic E-state index is -0.413. The van der Waals surface area contributed by atoms with Crippen LogP contribution < -0.4 is 15.5 Å². The predicted octanol–water partition coefficient (Wildman–Crippen LogP) is 4.78. The fourth-order valence-corrected chi connectivity index (χ4v) is 4.68. The highest BCUT2D eigenvalue weighted by atomic mass is 32.1. The van der Waals surface area contributed by atoms with Gasteiger partial charge in [0.25, 0.3) is 11.8 Å². The van der Waals surface area contributed by atoms with E-state index in [1.165, 1.54) is 24.3 Å². The van der Waals surface area contributed by atoms with Gasteiger partial charge in [0, 0.05) is 35.6 Å². The number of thiazole rings is 1. The van der Waals surface area contributed by atoms with Crippen molar-refractivity contribution in [3.63, 3.8) is 0 Å². The molecular formula is C25H21FN4O3S. The van der Waals surface area contributed by atoms with E-state index < -0.39 is 5.82 Å². The van der Waals surface area contributed by atoms with Crippen molar-refractivity contribution >= 4 is 49.9 Å². The number of anilines is 3. The number of hydrogen-bond donors (Lipinski definition) is 2. The number of amides is 2. The standard InChI is InChI=1S/C25H21FN4O3S/c26-18-6-4-16(5-7-18)23(31)27-19-3-1-2-17(14-19)24(32)28-20-8-9-21-22(15-20)34-25(29-21)30-10-12-33-13-11-30/h1-9,14-15H,10-13H2,(H,27,31)(H,28,32). The van der Waals surface area contributed by atoms with Gasteiger partial charge in [0.1, 0.15) is 5.82 Å². The molecule has 2 heterocycles. The molecule has 1 fully saturated rings. The minimum Gasteiger partial charge on any atom is -0.378 e. The number of rotatable bonds is 5. The summed E-state index contributed by atoms with van der Waals surface area (Å²) in [6.07, 6.45) is 0. The van der Waals surface area contributed by atoms with E-state index in [0.717, 1.165) is 28.4 Å². The van der Waals surface area contributed by atoms with Crippen LogP contribution in [0.25, 0.3) is 10.2 Å². The number of halogens is 1. The molecule has 0 saturated carbocycles. The van der Waals surface area contributed by atoms with Crippen LogP contribution in [-0.4, -0.2) is 43.1 Å². The molecular weight excluding hydrogens is 455 g/mol. The average molecular weight is 477 g/mol. The molecule has 2 amide bonds. The first-order chi connectivity index (χ1) is 16.5. The van der Waals surface area contributed by atoms with Gasteiger partial charge in [0.15, 0.2) is 5.13 Å². The highest BCUT2D eigenvalue weighted by Gasteiger charge is 2.16. The Bertz CT molecular complexity index is 1350. The number of nitrogens with zero attached hydrogens (tertiary/aromatic N) is 2. The van der Waals surface area contributed by atoms with Crippen LogP contribution in [0.4, 0.5) is 20.9 Å². The molecule has 0 atom stereocenters. The van der Waals surface area contributed by atoms with E-state index in [0.29, 0.717) is 35.7 Å². The molecule has 9 heteroatoms.